The lowest BCUT2D eigenvalue weighted by Gasteiger charge is -2.36. The quantitative estimate of drug-likeness (QED) is 0.840. The topological polar surface area (TPSA) is 95.5 Å². The number of hydrogen-bond acceptors (Lipinski definition) is 6. The highest BCUT2D eigenvalue weighted by Crippen LogP contribution is 2.45. The van der Waals surface area contributed by atoms with Crippen molar-refractivity contribution in [2.24, 2.45) is 5.92 Å². The van der Waals surface area contributed by atoms with Gasteiger partial charge in [-0.15, -0.1) is 5.10 Å². The van der Waals surface area contributed by atoms with E-state index in [9.17, 15) is 23.5 Å². The van der Waals surface area contributed by atoms with Gasteiger partial charge in [-0.05, 0) is 19.3 Å². The third-order valence-corrected chi connectivity index (χ3v) is 5.34. The monoisotopic (exact) mass is 381 g/mol. The standard InChI is InChI=1S/C17H18F3N5O2/c18-15-10(6-21)12(5-9-1-3-17(9,19)20)25-13(15)7-22-16(24-25)23-11-2-4-27-8-14(11)26/h7,9,11,14,26H,1-5,8H2,(H,23,24)/t9?,11-,14-/m1/s1. The van der Waals surface area contributed by atoms with Crippen molar-refractivity contribution in [1.82, 2.24) is 14.6 Å². The van der Waals surface area contributed by atoms with Gasteiger partial charge >= 0.3 is 0 Å². The van der Waals surface area contributed by atoms with E-state index in [1.807, 2.05) is 0 Å². The third-order valence-electron chi connectivity index (χ3n) is 5.34. The summed E-state index contributed by atoms with van der Waals surface area (Å²) < 4.78 is 48.2. The normalized spacial score (nSPS) is 27.1. The van der Waals surface area contributed by atoms with Crippen molar-refractivity contribution >= 4 is 11.5 Å². The Morgan fingerprint density at radius 3 is 2.89 bits per heavy atom. The fraction of sp³-hybridized carbons (Fsp3) is 0.588. The van der Waals surface area contributed by atoms with Crippen LogP contribution in [0.2, 0.25) is 0 Å². The van der Waals surface area contributed by atoms with E-state index in [2.05, 4.69) is 15.4 Å². The number of aliphatic hydroxyl groups is 1. The Hall–Kier alpha value is -2.38. The molecular weight excluding hydrogens is 363 g/mol. The first-order valence-corrected chi connectivity index (χ1v) is 8.77. The lowest BCUT2D eigenvalue weighted by atomic mass is 9.77. The van der Waals surface area contributed by atoms with Gasteiger partial charge in [0.2, 0.25) is 5.95 Å². The molecule has 0 bridgehead atoms. The maximum Gasteiger partial charge on any atom is 0.251 e. The highest BCUT2D eigenvalue weighted by molar-refractivity contribution is 5.58. The third kappa shape index (κ3) is 3.11. The number of rotatable bonds is 4. The second kappa shape index (κ2) is 6.65. The number of anilines is 1. The van der Waals surface area contributed by atoms with Gasteiger partial charge in [0.1, 0.15) is 17.1 Å². The predicted molar refractivity (Wildman–Crippen MR) is 87.9 cm³/mol. The van der Waals surface area contributed by atoms with E-state index < -0.39 is 23.8 Å². The minimum atomic E-state index is -2.81. The van der Waals surface area contributed by atoms with Crippen LogP contribution in [-0.4, -0.2) is 51.0 Å². The van der Waals surface area contributed by atoms with Crippen molar-refractivity contribution in [2.75, 3.05) is 18.5 Å². The van der Waals surface area contributed by atoms with Gasteiger partial charge in [0.15, 0.2) is 5.82 Å². The van der Waals surface area contributed by atoms with Gasteiger partial charge in [0, 0.05) is 18.9 Å². The van der Waals surface area contributed by atoms with Gasteiger partial charge in [-0.25, -0.2) is 22.7 Å². The van der Waals surface area contributed by atoms with Crippen LogP contribution < -0.4 is 5.32 Å². The fourth-order valence-electron chi connectivity index (χ4n) is 3.54. The summed E-state index contributed by atoms with van der Waals surface area (Å²) in [5, 5.41) is 26.4. The molecule has 0 amide bonds. The van der Waals surface area contributed by atoms with Crippen molar-refractivity contribution in [3.63, 3.8) is 0 Å². The first-order valence-electron chi connectivity index (χ1n) is 8.77. The molecule has 2 N–H and O–H groups in total. The van der Waals surface area contributed by atoms with Crippen LogP contribution >= 0.6 is 0 Å². The summed E-state index contributed by atoms with van der Waals surface area (Å²) in [5.41, 5.74) is -0.204. The van der Waals surface area contributed by atoms with Crippen LogP contribution in [0.1, 0.15) is 30.5 Å². The van der Waals surface area contributed by atoms with Crippen molar-refractivity contribution in [3.8, 4) is 6.07 Å². The van der Waals surface area contributed by atoms with Gasteiger partial charge in [0.25, 0.3) is 5.92 Å². The molecule has 1 unspecified atom stereocenters. The van der Waals surface area contributed by atoms with Crippen LogP contribution in [0.4, 0.5) is 19.1 Å². The molecular formula is C17H18F3N5O2. The molecule has 1 saturated carbocycles. The van der Waals surface area contributed by atoms with Gasteiger partial charge in [0.05, 0.1) is 30.6 Å². The zero-order valence-corrected chi connectivity index (χ0v) is 14.3. The number of fused-ring (bicyclic) bond motifs is 1. The zero-order chi connectivity index (χ0) is 19.2. The number of ether oxygens (including phenoxy) is 1. The Labute approximate surface area is 152 Å². The Morgan fingerprint density at radius 1 is 1.44 bits per heavy atom. The average Bonchev–Trinajstić information content (AvgIpc) is 2.91. The second-order valence-electron chi connectivity index (χ2n) is 7.01. The van der Waals surface area contributed by atoms with Crippen LogP contribution in [0.3, 0.4) is 0 Å². The summed E-state index contributed by atoms with van der Waals surface area (Å²) in [6.45, 7) is 0.647. The van der Waals surface area contributed by atoms with E-state index in [1.54, 1.807) is 6.07 Å². The summed E-state index contributed by atoms with van der Waals surface area (Å²) in [6, 6.07) is 1.42. The van der Waals surface area contributed by atoms with Crippen LogP contribution in [0.15, 0.2) is 6.20 Å². The SMILES string of the molecule is N#Cc1c(F)c2cnc(N[C@@H]3CCOC[C@H]3O)nn2c1CC1CCC1(F)F. The van der Waals surface area contributed by atoms with Crippen molar-refractivity contribution in [1.29, 1.82) is 5.26 Å². The number of nitrogens with zero attached hydrogens (tertiary/aromatic N) is 4. The molecule has 3 atom stereocenters. The number of aliphatic hydroxyl groups excluding tert-OH is 1. The number of nitrogens with one attached hydrogen (secondary N) is 1. The molecule has 1 aliphatic carbocycles. The molecule has 4 rings (SSSR count). The molecule has 10 heteroatoms. The first-order chi connectivity index (χ1) is 12.9. The number of alkyl halides is 2. The first kappa shape index (κ1) is 18.0. The Morgan fingerprint density at radius 2 is 2.26 bits per heavy atom. The summed E-state index contributed by atoms with van der Waals surface area (Å²) >= 11 is 0. The van der Waals surface area contributed by atoms with E-state index in [-0.39, 0.29) is 48.2 Å². The van der Waals surface area contributed by atoms with Gasteiger partial charge in [-0.3, -0.25) is 0 Å². The van der Waals surface area contributed by atoms with E-state index in [1.165, 1.54) is 10.7 Å². The minimum Gasteiger partial charge on any atom is -0.389 e. The lowest BCUT2D eigenvalue weighted by Crippen LogP contribution is -2.42. The average molecular weight is 381 g/mol. The molecule has 27 heavy (non-hydrogen) atoms. The lowest BCUT2D eigenvalue weighted by molar-refractivity contribution is -0.131. The number of hydrogen-bond donors (Lipinski definition) is 2. The van der Waals surface area contributed by atoms with Crippen LogP contribution in [-0.2, 0) is 11.2 Å². The van der Waals surface area contributed by atoms with E-state index in [0.717, 1.165) is 0 Å². The Bertz CT molecular complexity index is 910. The highest BCUT2D eigenvalue weighted by Gasteiger charge is 2.48. The molecule has 144 valence electrons. The van der Waals surface area contributed by atoms with Gasteiger partial charge in [-0.1, -0.05) is 0 Å². The summed E-state index contributed by atoms with van der Waals surface area (Å²) in [5.74, 6) is -4.44. The van der Waals surface area contributed by atoms with Crippen molar-refractivity contribution in [2.45, 2.75) is 43.8 Å². The smallest absolute Gasteiger partial charge is 0.251 e. The van der Waals surface area contributed by atoms with E-state index in [4.69, 9.17) is 4.74 Å². The second-order valence-corrected chi connectivity index (χ2v) is 7.01. The maximum atomic E-state index is 14.5. The molecule has 0 aromatic carbocycles. The molecule has 2 aromatic rings. The maximum absolute atomic E-state index is 14.5. The molecule has 7 nitrogen and oxygen atoms in total. The van der Waals surface area contributed by atoms with Crippen LogP contribution in [0.5, 0.6) is 0 Å². The molecule has 1 aliphatic heterocycles. The van der Waals surface area contributed by atoms with E-state index >= 15 is 0 Å². The molecule has 3 heterocycles. The van der Waals surface area contributed by atoms with Crippen molar-refractivity contribution < 1.29 is 23.0 Å². The molecule has 2 aromatic heterocycles. The number of nitriles is 1. The molecule has 0 spiro atoms. The number of aromatic nitrogens is 3. The predicted octanol–water partition coefficient (Wildman–Crippen LogP) is 1.89. The largest absolute Gasteiger partial charge is 0.389 e. The highest BCUT2D eigenvalue weighted by atomic mass is 19.3. The fourth-order valence-corrected chi connectivity index (χ4v) is 3.54. The molecule has 1 saturated heterocycles. The van der Waals surface area contributed by atoms with Crippen molar-refractivity contribution in [3.05, 3.63) is 23.3 Å². The zero-order valence-electron chi connectivity index (χ0n) is 14.3. The summed E-state index contributed by atoms with van der Waals surface area (Å²) in [4.78, 5) is 4.03. The molecule has 0 radical (unpaired) electrons. The van der Waals surface area contributed by atoms with Gasteiger partial charge < -0.3 is 15.2 Å². The Kier molecular flexibility index (Phi) is 4.44. The minimum absolute atomic E-state index is 0.0396. The van der Waals surface area contributed by atoms with E-state index in [0.29, 0.717) is 19.4 Å². The summed E-state index contributed by atoms with van der Waals surface area (Å²) in [7, 11) is 0. The van der Waals surface area contributed by atoms with Crippen LogP contribution in [0.25, 0.3) is 5.52 Å². The van der Waals surface area contributed by atoms with Gasteiger partial charge in [-0.2, -0.15) is 5.26 Å². The molecule has 2 fully saturated rings. The Balaban J connectivity index is 1.69. The molecule has 2 aliphatic rings. The number of halogens is 3. The summed E-state index contributed by atoms with van der Waals surface area (Å²) in [6.07, 6.45) is 0.970. The van der Waals surface area contributed by atoms with Crippen LogP contribution in [0, 0.1) is 23.1 Å².